The fraction of sp³-hybridized carbons (Fsp3) is 0.533. The quantitative estimate of drug-likeness (QED) is 0.686. The van der Waals surface area contributed by atoms with Crippen molar-refractivity contribution in [3.8, 4) is 0 Å². The van der Waals surface area contributed by atoms with Gasteiger partial charge in [-0.2, -0.15) is 0 Å². The van der Waals surface area contributed by atoms with Gasteiger partial charge in [-0.25, -0.2) is 0 Å². The number of ketones is 1. The predicted octanol–water partition coefficient (Wildman–Crippen LogP) is 4.55. The van der Waals surface area contributed by atoms with Gasteiger partial charge in [0.2, 0.25) is 0 Å². The van der Waals surface area contributed by atoms with Crippen molar-refractivity contribution in [1.29, 1.82) is 0 Å². The maximum atomic E-state index is 12.1. The zero-order valence-electron chi connectivity index (χ0n) is 10.2. The van der Waals surface area contributed by atoms with Crippen LogP contribution < -0.4 is 0 Å². The highest BCUT2D eigenvalue weighted by molar-refractivity contribution is 9.10. The third-order valence-electron chi connectivity index (χ3n) is 4.48. The van der Waals surface area contributed by atoms with Gasteiger partial charge in [0.1, 0.15) is 0 Å². The molecule has 1 spiro atoms. The Bertz CT molecular complexity index is 484. The molecule has 2 heteroatoms. The van der Waals surface area contributed by atoms with Crippen LogP contribution in [0.3, 0.4) is 0 Å². The molecule has 1 nitrogen and oxygen atoms in total. The van der Waals surface area contributed by atoms with E-state index < -0.39 is 0 Å². The number of carbonyl (C=O) groups excluding carboxylic acids is 1. The third kappa shape index (κ3) is 1.69. The number of aryl methyl sites for hydroxylation is 1. The van der Waals surface area contributed by atoms with E-state index in [1.807, 2.05) is 0 Å². The lowest BCUT2D eigenvalue weighted by atomic mass is 9.68. The van der Waals surface area contributed by atoms with Crippen LogP contribution in [0.15, 0.2) is 16.6 Å². The molecule has 17 heavy (non-hydrogen) atoms. The summed E-state index contributed by atoms with van der Waals surface area (Å²) in [4.78, 5) is 12.1. The minimum atomic E-state index is 0.317. The van der Waals surface area contributed by atoms with E-state index >= 15 is 0 Å². The minimum Gasteiger partial charge on any atom is -0.294 e. The van der Waals surface area contributed by atoms with Crippen LogP contribution in [-0.4, -0.2) is 5.78 Å². The van der Waals surface area contributed by atoms with Crippen LogP contribution in [0.1, 0.15) is 60.0 Å². The van der Waals surface area contributed by atoms with Gasteiger partial charge in [0.25, 0.3) is 0 Å². The molecular formula is C15H17BrO. The molecule has 0 amide bonds. The topological polar surface area (TPSA) is 17.1 Å². The Morgan fingerprint density at radius 3 is 2.59 bits per heavy atom. The maximum absolute atomic E-state index is 12.1. The predicted molar refractivity (Wildman–Crippen MR) is 72.6 cm³/mol. The first kappa shape index (κ1) is 11.5. The molecule has 0 atom stereocenters. The highest BCUT2D eigenvalue weighted by Crippen LogP contribution is 2.50. The van der Waals surface area contributed by atoms with Crippen LogP contribution in [0.5, 0.6) is 0 Å². The van der Waals surface area contributed by atoms with Gasteiger partial charge in [-0.3, -0.25) is 4.79 Å². The molecule has 0 bridgehead atoms. The number of Topliss-reactive ketones (excluding diaryl/α,β-unsaturated/α-hetero) is 1. The Morgan fingerprint density at radius 2 is 1.88 bits per heavy atom. The van der Waals surface area contributed by atoms with E-state index in [1.54, 1.807) is 0 Å². The second-order valence-corrected chi connectivity index (χ2v) is 6.43. The van der Waals surface area contributed by atoms with E-state index in [4.69, 9.17) is 0 Å². The standard InChI is InChI=1S/C15H17BrO/c1-10-8-11-14(12(16)9-10)13(17)4-7-15(11)5-2-3-6-15/h8-9H,2-7H2,1H3. The maximum Gasteiger partial charge on any atom is 0.164 e. The summed E-state index contributed by atoms with van der Waals surface area (Å²) in [6.07, 6.45) is 6.97. The average Bonchev–Trinajstić information content (AvgIpc) is 2.73. The molecule has 1 saturated carbocycles. The molecular weight excluding hydrogens is 276 g/mol. The molecule has 0 heterocycles. The van der Waals surface area contributed by atoms with Gasteiger partial charge in [0.05, 0.1) is 0 Å². The Balaban J connectivity index is 2.24. The average molecular weight is 293 g/mol. The first-order valence-electron chi connectivity index (χ1n) is 6.46. The van der Waals surface area contributed by atoms with Crippen molar-refractivity contribution in [3.63, 3.8) is 0 Å². The van der Waals surface area contributed by atoms with E-state index in [2.05, 4.69) is 35.0 Å². The van der Waals surface area contributed by atoms with Crippen molar-refractivity contribution in [2.45, 2.75) is 50.9 Å². The van der Waals surface area contributed by atoms with Crippen molar-refractivity contribution in [1.82, 2.24) is 0 Å². The molecule has 0 radical (unpaired) electrons. The molecule has 3 rings (SSSR count). The number of hydrogen-bond acceptors (Lipinski definition) is 1. The van der Waals surface area contributed by atoms with E-state index in [1.165, 1.54) is 36.8 Å². The summed E-state index contributed by atoms with van der Waals surface area (Å²) in [7, 11) is 0. The first-order valence-corrected chi connectivity index (χ1v) is 7.26. The second kappa shape index (κ2) is 3.94. The molecule has 2 aliphatic rings. The Morgan fingerprint density at radius 1 is 1.18 bits per heavy atom. The second-order valence-electron chi connectivity index (χ2n) is 5.58. The molecule has 90 valence electrons. The summed E-state index contributed by atoms with van der Waals surface area (Å²) in [6, 6.07) is 4.33. The summed E-state index contributed by atoms with van der Waals surface area (Å²) in [5, 5.41) is 0. The number of halogens is 1. The zero-order chi connectivity index (χ0) is 12.0. The smallest absolute Gasteiger partial charge is 0.164 e. The lowest BCUT2D eigenvalue weighted by Crippen LogP contribution is -2.31. The van der Waals surface area contributed by atoms with Crippen LogP contribution in [-0.2, 0) is 5.41 Å². The van der Waals surface area contributed by atoms with Crippen molar-refractivity contribution < 1.29 is 4.79 Å². The van der Waals surface area contributed by atoms with Gasteiger partial charge in [-0.05, 0) is 48.8 Å². The molecule has 0 aromatic heterocycles. The molecule has 0 N–H and O–H groups in total. The fourth-order valence-electron chi connectivity index (χ4n) is 3.63. The van der Waals surface area contributed by atoms with Crippen LogP contribution in [0, 0.1) is 6.92 Å². The van der Waals surface area contributed by atoms with E-state index in [9.17, 15) is 4.79 Å². The summed E-state index contributed by atoms with van der Waals surface area (Å²) < 4.78 is 1.00. The summed E-state index contributed by atoms with van der Waals surface area (Å²) in [6.45, 7) is 2.12. The number of hydrogen-bond donors (Lipinski definition) is 0. The summed E-state index contributed by atoms with van der Waals surface area (Å²) in [5.74, 6) is 0.324. The van der Waals surface area contributed by atoms with Gasteiger partial charge >= 0.3 is 0 Å². The van der Waals surface area contributed by atoms with Crippen molar-refractivity contribution in [3.05, 3.63) is 33.3 Å². The van der Waals surface area contributed by atoms with Crippen LogP contribution >= 0.6 is 15.9 Å². The van der Waals surface area contributed by atoms with Crippen LogP contribution in [0.2, 0.25) is 0 Å². The molecule has 1 aromatic rings. The van der Waals surface area contributed by atoms with Gasteiger partial charge in [-0.1, -0.05) is 34.8 Å². The molecule has 0 unspecified atom stereocenters. The normalized spacial score (nSPS) is 21.9. The van der Waals surface area contributed by atoms with Crippen molar-refractivity contribution >= 4 is 21.7 Å². The Hall–Kier alpha value is -0.630. The van der Waals surface area contributed by atoms with Crippen molar-refractivity contribution in [2.75, 3.05) is 0 Å². The zero-order valence-corrected chi connectivity index (χ0v) is 11.8. The summed E-state index contributed by atoms with van der Waals surface area (Å²) >= 11 is 3.58. The molecule has 1 fully saturated rings. The van der Waals surface area contributed by atoms with Crippen molar-refractivity contribution in [2.24, 2.45) is 0 Å². The van der Waals surface area contributed by atoms with Crippen LogP contribution in [0.4, 0.5) is 0 Å². The first-order chi connectivity index (χ1) is 8.12. The largest absolute Gasteiger partial charge is 0.294 e. The Labute approximate surface area is 111 Å². The Kier molecular flexibility index (Phi) is 2.66. The molecule has 0 saturated heterocycles. The summed E-state index contributed by atoms with van der Waals surface area (Å²) in [5.41, 5.74) is 3.89. The highest BCUT2D eigenvalue weighted by atomic mass is 79.9. The van der Waals surface area contributed by atoms with Gasteiger partial charge in [-0.15, -0.1) is 0 Å². The van der Waals surface area contributed by atoms with Gasteiger partial charge in [0.15, 0.2) is 5.78 Å². The number of rotatable bonds is 0. The lowest BCUT2D eigenvalue weighted by molar-refractivity contribution is 0.0950. The monoisotopic (exact) mass is 292 g/mol. The van der Waals surface area contributed by atoms with Gasteiger partial charge < -0.3 is 0 Å². The molecule has 2 aliphatic carbocycles. The fourth-order valence-corrected chi connectivity index (χ4v) is 4.42. The molecule has 1 aromatic carbocycles. The number of carbonyl (C=O) groups is 1. The van der Waals surface area contributed by atoms with E-state index in [0.717, 1.165) is 22.9 Å². The number of benzene rings is 1. The minimum absolute atomic E-state index is 0.317. The third-order valence-corrected chi connectivity index (χ3v) is 5.10. The van der Waals surface area contributed by atoms with E-state index in [0.29, 0.717) is 11.2 Å². The number of fused-ring (bicyclic) bond motifs is 2. The SMILES string of the molecule is Cc1cc(Br)c2c(c1)C1(CCCC1)CCC2=O. The van der Waals surface area contributed by atoms with Gasteiger partial charge in [0, 0.05) is 16.5 Å². The lowest BCUT2D eigenvalue weighted by Gasteiger charge is -2.36. The highest BCUT2D eigenvalue weighted by Gasteiger charge is 2.42. The van der Waals surface area contributed by atoms with E-state index in [-0.39, 0.29) is 0 Å². The van der Waals surface area contributed by atoms with Crippen LogP contribution in [0.25, 0.3) is 0 Å². The molecule has 0 aliphatic heterocycles.